The van der Waals surface area contributed by atoms with Gasteiger partial charge in [0.15, 0.2) is 0 Å². The minimum absolute atomic E-state index is 0.870. The van der Waals surface area contributed by atoms with E-state index in [1.807, 2.05) is 0 Å². The molecule has 0 bridgehead atoms. The van der Waals surface area contributed by atoms with Gasteiger partial charge in [0.05, 0.1) is 0 Å². The van der Waals surface area contributed by atoms with Crippen molar-refractivity contribution in [3.8, 4) is 0 Å². The summed E-state index contributed by atoms with van der Waals surface area (Å²) in [4.78, 5) is 0. The molecule has 1 aliphatic carbocycles. The summed E-state index contributed by atoms with van der Waals surface area (Å²) in [7, 11) is 0. The predicted octanol–water partition coefficient (Wildman–Crippen LogP) is 8.85. The van der Waals surface area contributed by atoms with Crippen molar-refractivity contribution in [1.29, 1.82) is 0 Å². The Hall–Kier alpha value is 0. The minimum Gasteiger partial charge on any atom is -0.0654 e. The summed E-state index contributed by atoms with van der Waals surface area (Å²) >= 11 is 0. The molecule has 0 radical (unpaired) electrons. The van der Waals surface area contributed by atoms with Gasteiger partial charge in [-0.05, 0) is 66.1 Å². The maximum Gasteiger partial charge on any atom is -0.0357 e. The summed E-state index contributed by atoms with van der Waals surface area (Å²) in [6, 6.07) is 0. The maximum atomic E-state index is 2.61. The third-order valence-corrected chi connectivity index (χ3v) is 9.01. The molecule has 0 N–H and O–H groups in total. The van der Waals surface area contributed by atoms with Gasteiger partial charge in [-0.15, -0.1) is 0 Å². The highest BCUT2D eigenvalue weighted by Crippen LogP contribution is 2.50. The molecule has 1 rings (SSSR count). The Morgan fingerprint density at radius 2 is 1.19 bits per heavy atom. The van der Waals surface area contributed by atoms with Crippen molar-refractivity contribution >= 4 is 0 Å². The lowest BCUT2D eigenvalue weighted by atomic mass is 9.57. The molecular formula is C26H52. The van der Waals surface area contributed by atoms with E-state index in [2.05, 4.69) is 62.3 Å². The van der Waals surface area contributed by atoms with Crippen LogP contribution in [0.4, 0.5) is 0 Å². The number of hydrogen-bond donors (Lipinski definition) is 0. The molecule has 0 aromatic heterocycles. The van der Waals surface area contributed by atoms with Gasteiger partial charge < -0.3 is 0 Å². The van der Waals surface area contributed by atoms with Crippen LogP contribution in [-0.4, -0.2) is 0 Å². The van der Waals surface area contributed by atoms with Crippen LogP contribution < -0.4 is 0 Å². The zero-order valence-electron chi connectivity index (χ0n) is 19.9. The molecule has 0 heteroatoms. The van der Waals surface area contributed by atoms with E-state index in [0.29, 0.717) is 0 Å². The second-order valence-corrected chi connectivity index (χ2v) is 10.1. The second kappa shape index (κ2) is 11.8. The maximum absolute atomic E-state index is 2.61. The third kappa shape index (κ3) is 5.75. The first-order chi connectivity index (χ1) is 12.4. The molecule has 1 fully saturated rings. The van der Waals surface area contributed by atoms with Gasteiger partial charge in [0, 0.05) is 0 Å². The van der Waals surface area contributed by atoms with Crippen LogP contribution in [0.1, 0.15) is 114 Å². The molecule has 0 aromatic rings. The molecule has 0 spiro atoms. The van der Waals surface area contributed by atoms with Crippen LogP contribution in [0, 0.1) is 53.3 Å². The van der Waals surface area contributed by atoms with Gasteiger partial charge in [-0.1, -0.05) is 101 Å². The SMILES string of the molecule is CCCC(CC)C(C)C1CC(C(C)C(CC)C(CC)C(C)C(C)CC)C1. The van der Waals surface area contributed by atoms with Crippen LogP contribution in [0.2, 0.25) is 0 Å². The zero-order chi connectivity index (χ0) is 19.9. The van der Waals surface area contributed by atoms with Crippen molar-refractivity contribution in [3.63, 3.8) is 0 Å². The van der Waals surface area contributed by atoms with E-state index < -0.39 is 0 Å². The summed E-state index contributed by atoms with van der Waals surface area (Å²) in [5.74, 6) is 8.46. The molecule has 0 aromatic carbocycles. The lowest BCUT2D eigenvalue weighted by molar-refractivity contribution is 0.0110. The van der Waals surface area contributed by atoms with Gasteiger partial charge in [0.2, 0.25) is 0 Å². The quantitative estimate of drug-likeness (QED) is 0.306. The summed E-state index contributed by atoms with van der Waals surface area (Å²) in [5, 5.41) is 0. The van der Waals surface area contributed by atoms with Gasteiger partial charge in [-0.2, -0.15) is 0 Å². The second-order valence-electron chi connectivity index (χ2n) is 10.1. The predicted molar refractivity (Wildman–Crippen MR) is 119 cm³/mol. The molecule has 1 aliphatic rings. The van der Waals surface area contributed by atoms with E-state index in [1.54, 1.807) is 0 Å². The molecule has 0 heterocycles. The molecule has 0 amide bonds. The van der Waals surface area contributed by atoms with Crippen molar-refractivity contribution in [3.05, 3.63) is 0 Å². The summed E-state index contributed by atoms with van der Waals surface area (Å²) < 4.78 is 0. The van der Waals surface area contributed by atoms with Gasteiger partial charge in [0.1, 0.15) is 0 Å². The molecule has 156 valence electrons. The van der Waals surface area contributed by atoms with Crippen molar-refractivity contribution in [2.24, 2.45) is 53.3 Å². The van der Waals surface area contributed by atoms with Crippen molar-refractivity contribution in [2.45, 2.75) is 114 Å². The molecule has 0 saturated heterocycles. The lowest BCUT2D eigenvalue weighted by Crippen LogP contribution is -2.40. The number of hydrogen-bond acceptors (Lipinski definition) is 0. The van der Waals surface area contributed by atoms with Crippen LogP contribution in [0.5, 0.6) is 0 Å². The Bertz CT molecular complexity index is 353. The van der Waals surface area contributed by atoms with Crippen LogP contribution in [0.25, 0.3) is 0 Å². The Morgan fingerprint density at radius 3 is 1.62 bits per heavy atom. The molecular weight excluding hydrogens is 312 g/mol. The highest BCUT2D eigenvalue weighted by atomic mass is 14.5. The first-order valence-electron chi connectivity index (χ1n) is 12.4. The highest BCUT2D eigenvalue weighted by molar-refractivity contribution is 4.91. The molecule has 7 unspecified atom stereocenters. The lowest BCUT2D eigenvalue weighted by Gasteiger charge is -2.48. The van der Waals surface area contributed by atoms with E-state index >= 15 is 0 Å². The van der Waals surface area contributed by atoms with Gasteiger partial charge in [-0.25, -0.2) is 0 Å². The summed E-state index contributed by atoms with van der Waals surface area (Å²) in [5.41, 5.74) is 0. The van der Waals surface area contributed by atoms with E-state index in [0.717, 1.165) is 53.3 Å². The summed E-state index contributed by atoms with van der Waals surface area (Å²) in [6.45, 7) is 22.2. The van der Waals surface area contributed by atoms with E-state index in [4.69, 9.17) is 0 Å². The molecule has 7 atom stereocenters. The topological polar surface area (TPSA) is 0 Å². The molecule has 1 saturated carbocycles. The Morgan fingerprint density at radius 1 is 0.654 bits per heavy atom. The zero-order valence-corrected chi connectivity index (χ0v) is 19.9. The molecule has 0 aliphatic heterocycles. The Kier molecular flexibility index (Phi) is 10.9. The standard InChI is InChI=1S/C26H52/c1-10-15-22(12-3)20(8)23-16-24(17-23)21(9)26(14-5)25(13-4)19(7)18(6)11-2/h18-26H,10-17H2,1-9H3. The average molecular weight is 365 g/mol. The van der Waals surface area contributed by atoms with E-state index in [9.17, 15) is 0 Å². The van der Waals surface area contributed by atoms with Crippen LogP contribution in [0.15, 0.2) is 0 Å². The first-order valence-corrected chi connectivity index (χ1v) is 12.4. The van der Waals surface area contributed by atoms with E-state index in [1.165, 1.54) is 51.4 Å². The number of rotatable bonds is 13. The fraction of sp³-hybridized carbons (Fsp3) is 1.00. The average Bonchev–Trinajstić information content (AvgIpc) is 2.60. The van der Waals surface area contributed by atoms with Gasteiger partial charge in [-0.3, -0.25) is 0 Å². The van der Waals surface area contributed by atoms with Gasteiger partial charge >= 0.3 is 0 Å². The van der Waals surface area contributed by atoms with Gasteiger partial charge in [0.25, 0.3) is 0 Å². The Balaban J connectivity index is 2.66. The van der Waals surface area contributed by atoms with E-state index in [-0.39, 0.29) is 0 Å². The fourth-order valence-electron chi connectivity index (χ4n) is 6.43. The van der Waals surface area contributed by atoms with Crippen molar-refractivity contribution in [2.75, 3.05) is 0 Å². The smallest absolute Gasteiger partial charge is 0.0357 e. The van der Waals surface area contributed by atoms with Crippen LogP contribution >= 0.6 is 0 Å². The van der Waals surface area contributed by atoms with Crippen LogP contribution in [-0.2, 0) is 0 Å². The monoisotopic (exact) mass is 364 g/mol. The van der Waals surface area contributed by atoms with Crippen molar-refractivity contribution in [1.82, 2.24) is 0 Å². The first kappa shape index (κ1) is 24.0. The highest BCUT2D eigenvalue weighted by Gasteiger charge is 2.42. The van der Waals surface area contributed by atoms with Crippen LogP contribution in [0.3, 0.4) is 0 Å². The normalized spacial score (nSPS) is 28.5. The third-order valence-electron chi connectivity index (χ3n) is 9.01. The minimum atomic E-state index is 0.870. The summed E-state index contributed by atoms with van der Waals surface area (Å²) in [6.07, 6.45) is 11.3. The fourth-order valence-corrected chi connectivity index (χ4v) is 6.43. The molecule has 0 nitrogen and oxygen atoms in total. The van der Waals surface area contributed by atoms with Crippen molar-refractivity contribution < 1.29 is 0 Å². The largest absolute Gasteiger partial charge is 0.0654 e. The Labute approximate surface area is 167 Å². The molecule has 26 heavy (non-hydrogen) atoms.